The summed E-state index contributed by atoms with van der Waals surface area (Å²) in [6, 6.07) is 19.7. The van der Waals surface area contributed by atoms with E-state index in [9.17, 15) is 0 Å². The lowest BCUT2D eigenvalue weighted by Crippen LogP contribution is -2.36. The zero-order chi connectivity index (χ0) is 19.2. The molecule has 0 unspecified atom stereocenters. The van der Waals surface area contributed by atoms with E-state index in [0.29, 0.717) is 11.5 Å². The standard InChI is InChI=1S/C21H19N5OS/c22-15-16-4-6-19(7-5-16)28-20-8-9-23-21(25-20)24-17-2-1-3-18(14-17)26-10-12-27-13-11-26/h1-9,14H,10-13H2,(H,23,24,25). The van der Waals surface area contributed by atoms with Crippen LogP contribution in [0.2, 0.25) is 0 Å². The van der Waals surface area contributed by atoms with E-state index in [4.69, 9.17) is 10.00 Å². The number of rotatable bonds is 5. The smallest absolute Gasteiger partial charge is 0.228 e. The summed E-state index contributed by atoms with van der Waals surface area (Å²) >= 11 is 1.53. The molecule has 1 saturated heterocycles. The van der Waals surface area contributed by atoms with Crippen LogP contribution in [0, 0.1) is 11.3 Å². The average Bonchev–Trinajstić information content (AvgIpc) is 2.75. The fourth-order valence-corrected chi connectivity index (χ4v) is 3.68. The normalized spacial score (nSPS) is 13.8. The number of hydrogen-bond acceptors (Lipinski definition) is 7. The van der Waals surface area contributed by atoms with Gasteiger partial charge in [0.25, 0.3) is 0 Å². The van der Waals surface area contributed by atoms with E-state index < -0.39 is 0 Å². The molecule has 0 bridgehead atoms. The molecule has 1 aromatic heterocycles. The topological polar surface area (TPSA) is 74.1 Å². The SMILES string of the molecule is N#Cc1ccc(Sc2ccnc(Nc3cccc(N4CCOCC4)c3)n2)cc1. The van der Waals surface area contributed by atoms with Gasteiger partial charge in [-0.15, -0.1) is 0 Å². The summed E-state index contributed by atoms with van der Waals surface area (Å²) in [4.78, 5) is 12.3. The van der Waals surface area contributed by atoms with Gasteiger partial charge in [-0.2, -0.15) is 5.26 Å². The van der Waals surface area contributed by atoms with Crippen molar-refractivity contribution in [1.29, 1.82) is 5.26 Å². The van der Waals surface area contributed by atoms with E-state index in [-0.39, 0.29) is 0 Å². The summed E-state index contributed by atoms with van der Waals surface area (Å²) in [5, 5.41) is 13.0. The summed E-state index contributed by atoms with van der Waals surface area (Å²) in [7, 11) is 0. The second kappa shape index (κ2) is 8.74. The van der Waals surface area contributed by atoms with Gasteiger partial charge in [-0.25, -0.2) is 9.97 Å². The third-order valence-electron chi connectivity index (χ3n) is 4.31. The monoisotopic (exact) mass is 389 g/mol. The molecule has 1 fully saturated rings. The molecule has 0 atom stereocenters. The molecule has 4 rings (SSSR count). The number of aromatic nitrogens is 2. The molecule has 3 aromatic rings. The minimum atomic E-state index is 0.553. The summed E-state index contributed by atoms with van der Waals surface area (Å²) in [6.45, 7) is 3.32. The summed E-state index contributed by atoms with van der Waals surface area (Å²) < 4.78 is 5.43. The van der Waals surface area contributed by atoms with Crippen LogP contribution < -0.4 is 10.2 Å². The third-order valence-corrected chi connectivity index (χ3v) is 5.26. The molecule has 0 saturated carbocycles. The van der Waals surface area contributed by atoms with Crippen molar-refractivity contribution in [1.82, 2.24) is 9.97 Å². The first-order chi connectivity index (χ1) is 13.8. The lowest BCUT2D eigenvalue weighted by molar-refractivity contribution is 0.122. The minimum absolute atomic E-state index is 0.553. The molecule has 140 valence electrons. The minimum Gasteiger partial charge on any atom is -0.378 e. The molecular weight excluding hydrogens is 370 g/mol. The van der Waals surface area contributed by atoms with Crippen molar-refractivity contribution >= 4 is 29.1 Å². The first-order valence-electron chi connectivity index (χ1n) is 9.01. The van der Waals surface area contributed by atoms with Crippen molar-refractivity contribution in [2.75, 3.05) is 36.5 Å². The molecule has 2 aromatic carbocycles. The van der Waals surface area contributed by atoms with Crippen LogP contribution in [0.3, 0.4) is 0 Å². The van der Waals surface area contributed by atoms with Crippen LogP contribution in [0.15, 0.2) is 70.7 Å². The maximum atomic E-state index is 8.90. The largest absolute Gasteiger partial charge is 0.378 e. The highest BCUT2D eigenvalue weighted by molar-refractivity contribution is 7.99. The van der Waals surface area contributed by atoms with Crippen molar-refractivity contribution in [2.24, 2.45) is 0 Å². The second-order valence-corrected chi connectivity index (χ2v) is 7.33. The number of ether oxygens (including phenoxy) is 1. The van der Waals surface area contributed by atoms with E-state index in [2.05, 4.69) is 38.4 Å². The van der Waals surface area contributed by atoms with Crippen LogP contribution >= 0.6 is 11.8 Å². The summed E-state index contributed by atoms with van der Waals surface area (Å²) in [5.41, 5.74) is 2.76. The van der Waals surface area contributed by atoms with Crippen LogP contribution in [0.1, 0.15) is 5.56 Å². The number of nitriles is 1. The van der Waals surface area contributed by atoms with Gasteiger partial charge in [0.2, 0.25) is 5.95 Å². The number of anilines is 3. The second-order valence-electron chi connectivity index (χ2n) is 6.23. The van der Waals surface area contributed by atoms with E-state index in [1.807, 2.05) is 30.3 Å². The molecule has 7 heteroatoms. The van der Waals surface area contributed by atoms with Crippen molar-refractivity contribution in [3.63, 3.8) is 0 Å². The highest BCUT2D eigenvalue weighted by Crippen LogP contribution is 2.27. The van der Waals surface area contributed by atoms with Gasteiger partial charge in [0.15, 0.2) is 0 Å². The Hall–Kier alpha value is -3.08. The van der Waals surface area contributed by atoms with Gasteiger partial charge in [-0.05, 0) is 48.5 Å². The predicted molar refractivity (Wildman–Crippen MR) is 110 cm³/mol. The Labute approximate surface area is 168 Å². The van der Waals surface area contributed by atoms with E-state index in [1.165, 1.54) is 11.8 Å². The van der Waals surface area contributed by atoms with Gasteiger partial charge < -0.3 is 15.0 Å². The number of nitrogens with zero attached hydrogens (tertiary/aromatic N) is 4. The Morgan fingerprint density at radius 1 is 1.07 bits per heavy atom. The fraction of sp³-hybridized carbons (Fsp3) is 0.190. The Balaban J connectivity index is 1.46. The average molecular weight is 389 g/mol. The van der Waals surface area contributed by atoms with Crippen molar-refractivity contribution in [3.8, 4) is 6.07 Å². The Morgan fingerprint density at radius 2 is 1.89 bits per heavy atom. The Morgan fingerprint density at radius 3 is 2.68 bits per heavy atom. The highest BCUT2D eigenvalue weighted by atomic mass is 32.2. The summed E-state index contributed by atoms with van der Waals surface area (Å²) in [6.07, 6.45) is 1.74. The van der Waals surface area contributed by atoms with Gasteiger partial charge >= 0.3 is 0 Å². The fourth-order valence-electron chi connectivity index (χ4n) is 2.91. The van der Waals surface area contributed by atoms with Crippen molar-refractivity contribution < 1.29 is 4.74 Å². The molecule has 28 heavy (non-hydrogen) atoms. The van der Waals surface area contributed by atoms with Gasteiger partial charge in [-0.3, -0.25) is 0 Å². The highest BCUT2D eigenvalue weighted by Gasteiger charge is 2.11. The predicted octanol–water partition coefficient (Wildman–Crippen LogP) is 4.08. The molecule has 1 N–H and O–H groups in total. The van der Waals surface area contributed by atoms with E-state index >= 15 is 0 Å². The number of nitrogens with one attached hydrogen (secondary N) is 1. The molecule has 0 spiro atoms. The molecular formula is C21H19N5OS. The maximum absolute atomic E-state index is 8.90. The number of hydrogen-bond donors (Lipinski definition) is 1. The first-order valence-corrected chi connectivity index (χ1v) is 9.83. The third kappa shape index (κ3) is 4.60. The zero-order valence-electron chi connectivity index (χ0n) is 15.2. The van der Waals surface area contributed by atoms with E-state index in [1.54, 1.807) is 18.3 Å². The van der Waals surface area contributed by atoms with Gasteiger partial charge in [-0.1, -0.05) is 17.8 Å². The zero-order valence-corrected chi connectivity index (χ0v) is 16.0. The van der Waals surface area contributed by atoms with Crippen molar-refractivity contribution in [3.05, 3.63) is 66.4 Å². The molecule has 2 heterocycles. The Kier molecular flexibility index (Phi) is 5.71. The molecule has 0 radical (unpaired) electrons. The molecule has 6 nitrogen and oxygen atoms in total. The molecule has 1 aliphatic heterocycles. The van der Waals surface area contributed by atoms with Crippen LogP contribution in [0.25, 0.3) is 0 Å². The number of benzene rings is 2. The molecule has 0 amide bonds. The van der Waals surface area contributed by atoms with Crippen LogP contribution in [0.4, 0.5) is 17.3 Å². The van der Waals surface area contributed by atoms with E-state index in [0.717, 1.165) is 47.6 Å². The molecule has 1 aliphatic rings. The number of morpholine rings is 1. The lowest BCUT2D eigenvalue weighted by Gasteiger charge is -2.29. The molecule has 0 aliphatic carbocycles. The summed E-state index contributed by atoms with van der Waals surface area (Å²) in [5.74, 6) is 0.553. The quantitative estimate of drug-likeness (QED) is 0.659. The van der Waals surface area contributed by atoms with Crippen LogP contribution in [0.5, 0.6) is 0 Å². The van der Waals surface area contributed by atoms with Gasteiger partial charge in [0, 0.05) is 35.6 Å². The Bertz CT molecular complexity index is 981. The lowest BCUT2D eigenvalue weighted by atomic mass is 10.2. The first kappa shape index (κ1) is 18.3. The van der Waals surface area contributed by atoms with Crippen molar-refractivity contribution in [2.45, 2.75) is 9.92 Å². The van der Waals surface area contributed by atoms with Crippen LogP contribution in [-0.4, -0.2) is 36.3 Å². The van der Waals surface area contributed by atoms with Gasteiger partial charge in [0.05, 0.1) is 24.8 Å². The van der Waals surface area contributed by atoms with Gasteiger partial charge in [0.1, 0.15) is 5.03 Å². The maximum Gasteiger partial charge on any atom is 0.228 e. The van der Waals surface area contributed by atoms with Crippen LogP contribution in [-0.2, 0) is 4.74 Å².